The van der Waals surface area contributed by atoms with Crippen molar-refractivity contribution in [2.45, 2.75) is 6.92 Å². The smallest absolute Gasteiger partial charge is 0.238 e. The molecule has 2 aromatic rings. The molecule has 0 spiro atoms. The van der Waals surface area contributed by atoms with Gasteiger partial charge in [-0.3, -0.25) is 10.5 Å². The van der Waals surface area contributed by atoms with Crippen molar-refractivity contribution in [3.63, 3.8) is 0 Å². The lowest BCUT2D eigenvalue weighted by Crippen LogP contribution is -2.12. The van der Waals surface area contributed by atoms with E-state index in [1.54, 1.807) is 6.07 Å². The Bertz CT molecular complexity index is 611. The van der Waals surface area contributed by atoms with Crippen LogP contribution in [0.3, 0.4) is 0 Å². The maximum absolute atomic E-state index is 14.0. The zero-order chi connectivity index (χ0) is 13.3. The zero-order valence-corrected chi connectivity index (χ0v) is 11.0. The minimum atomic E-state index is -0.622. The van der Waals surface area contributed by atoms with Crippen LogP contribution in [0.2, 0.25) is 0 Å². The van der Waals surface area contributed by atoms with Crippen molar-refractivity contribution < 1.29 is 9.13 Å². The summed E-state index contributed by atoms with van der Waals surface area (Å²) in [4.78, 5) is 0. The Kier molecular flexibility index (Phi) is 3.33. The molecule has 0 bridgehead atoms. The molecule has 0 aliphatic rings. The Balaban J connectivity index is 2.35. The van der Waals surface area contributed by atoms with Crippen molar-refractivity contribution >= 4 is 21.8 Å². The van der Waals surface area contributed by atoms with Crippen molar-refractivity contribution in [2.75, 3.05) is 0 Å². The van der Waals surface area contributed by atoms with E-state index in [9.17, 15) is 4.39 Å². The molecule has 94 valence electrons. The van der Waals surface area contributed by atoms with Crippen molar-refractivity contribution in [1.29, 1.82) is 5.41 Å². The number of rotatable bonds is 3. The van der Waals surface area contributed by atoms with Gasteiger partial charge in [0.05, 0.1) is 4.47 Å². The monoisotopic (exact) mass is 312 g/mol. The molecule has 0 saturated carbocycles. The average molecular weight is 313 g/mol. The lowest BCUT2D eigenvalue weighted by atomic mass is 10.2. The normalized spacial score (nSPS) is 10.4. The molecule has 2 rings (SSSR count). The highest BCUT2D eigenvalue weighted by Gasteiger charge is 2.15. The molecular weight excluding hydrogens is 303 g/mol. The first-order valence-corrected chi connectivity index (χ1v) is 5.80. The molecule has 0 radical (unpaired) electrons. The van der Waals surface area contributed by atoms with Crippen LogP contribution in [0.1, 0.15) is 11.3 Å². The topological polar surface area (TPSA) is 87.8 Å². The molecule has 0 amide bonds. The van der Waals surface area contributed by atoms with Crippen LogP contribution in [0.5, 0.6) is 11.6 Å². The molecule has 0 fully saturated rings. The molecule has 0 saturated heterocycles. The Morgan fingerprint density at radius 2 is 2.28 bits per heavy atom. The second-order valence-corrected chi connectivity index (χ2v) is 4.44. The van der Waals surface area contributed by atoms with Crippen LogP contribution in [-0.2, 0) is 0 Å². The molecule has 1 aromatic carbocycles. The summed E-state index contributed by atoms with van der Waals surface area (Å²) in [7, 11) is 0. The van der Waals surface area contributed by atoms with Gasteiger partial charge in [0, 0.05) is 17.3 Å². The third-order valence-electron chi connectivity index (χ3n) is 2.23. The van der Waals surface area contributed by atoms with E-state index in [1.807, 2.05) is 6.92 Å². The summed E-state index contributed by atoms with van der Waals surface area (Å²) < 4.78 is 19.3. The average Bonchev–Trinajstić information content (AvgIpc) is 2.70. The van der Waals surface area contributed by atoms with E-state index < -0.39 is 5.82 Å². The number of ether oxygens (including phenoxy) is 1. The van der Waals surface area contributed by atoms with Gasteiger partial charge in [-0.05, 0) is 35.0 Å². The Hall–Kier alpha value is -1.89. The van der Waals surface area contributed by atoms with Crippen molar-refractivity contribution in [2.24, 2.45) is 5.73 Å². The SMILES string of the molecule is Cc1cc(Oc2ccc(C(=N)N)c(Br)c2F)n[nH]1. The van der Waals surface area contributed by atoms with E-state index >= 15 is 0 Å². The van der Waals surface area contributed by atoms with E-state index in [0.29, 0.717) is 0 Å². The maximum Gasteiger partial charge on any atom is 0.238 e. The van der Waals surface area contributed by atoms with Gasteiger partial charge in [0.15, 0.2) is 11.6 Å². The Morgan fingerprint density at radius 1 is 1.56 bits per heavy atom. The van der Waals surface area contributed by atoms with Gasteiger partial charge in [0.2, 0.25) is 5.88 Å². The number of halogens is 2. The first-order valence-electron chi connectivity index (χ1n) is 5.01. The zero-order valence-electron chi connectivity index (χ0n) is 9.42. The highest BCUT2D eigenvalue weighted by atomic mass is 79.9. The van der Waals surface area contributed by atoms with Gasteiger partial charge in [-0.25, -0.2) is 4.39 Å². The second-order valence-electron chi connectivity index (χ2n) is 3.64. The molecule has 0 aliphatic heterocycles. The van der Waals surface area contributed by atoms with E-state index in [0.717, 1.165) is 5.69 Å². The number of nitrogen functional groups attached to an aromatic ring is 1. The third-order valence-corrected chi connectivity index (χ3v) is 3.01. The number of benzene rings is 1. The fourth-order valence-corrected chi connectivity index (χ4v) is 1.92. The summed E-state index contributed by atoms with van der Waals surface area (Å²) in [6.45, 7) is 1.81. The first kappa shape index (κ1) is 12.6. The minimum absolute atomic E-state index is 0.0124. The fraction of sp³-hybridized carbons (Fsp3) is 0.0909. The summed E-state index contributed by atoms with van der Waals surface area (Å²) >= 11 is 3.05. The molecule has 4 N–H and O–H groups in total. The molecule has 0 unspecified atom stereocenters. The first-order chi connectivity index (χ1) is 8.49. The predicted molar refractivity (Wildman–Crippen MR) is 68.5 cm³/mol. The minimum Gasteiger partial charge on any atom is -0.434 e. The lowest BCUT2D eigenvalue weighted by molar-refractivity contribution is 0.425. The van der Waals surface area contributed by atoms with Gasteiger partial charge in [0.25, 0.3) is 0 Å². The van der Waals surface area contributed by atoms with E-state index in [1.165, 1.54) is 12.1 Å². The number of hydrogen-bond donors (Lipinski definition) is 3. The van der Waals surface area contributed by atoms with Crippen LogP contribution in [-0.4, -0.2) is 16.0 Å². The number of aromatic nitrogens is 2. The number of aromatic amines is 1. The number of hydrogen-bond acceptors (Lipinski definition) is 3. The summed E-state index contributed by atoms with van der Waals surface area (Å²) in [6.07, 6.45) is 0. The predicted octanol–water partition coefficient (Wildman–Crippen LogP) is 2.70. The maximum atomic E-state index is 14.0. The van der Waals surface area contributed by atoms with Gasteiger partial charge >= 0.3 is 0 Å². The van der Waals surface area contributed by atoms with Crippen LogP contribution in [0, 0.1) is 18.2 Å². The molecular formula is C11H10BrFN4O. The van der Waals surface area contributed by atoms with Crippen LogP contribution >= 0.6 is 15.9 Å². The number of aryl methyl sites for hydroxylation is 1. The third kappa shape index (κ3) is 2.35. The van der Waals surface area contributed by atoms with Gasteiger partial charge in [-0.1, -0.05) is 0 Å². The lowest BCUT2D eigenvalue weighted by Gasteiger charge is -2.08. The number of nitrogens with zero attached hydrogens (tertiary/aromatic N) is 1. The molecule has 1 aromatic heterocycles. The van der Waals surface area contributed by atoms with Gasteiger partial charge in [-0.15, -0.1) is 5.10 Å². The van der Waals surface area contributed by atoms with E-state index in [-0.39, 0.29) is 27.5 Å². The van der Waals surface area contributed by atoms with Crippen molar-refractivity contribution in [3.05, 3.63) is 39.7 Å². The van der Waals surface area contributed by atoms with Crippen LogP contribution in [0.4, 0.5) is 4.39 Å². The summed E-state index contributed by atoms with van der Waals surface area (Å²) in [6, 6.07) is 4.55. The standard InChI is InChI=1S/C11H10BrFN4O/c1-5-4-8(17-16-5)18-7-3-2-6(11(14)15)9(12)10(7)13/h2-4H,1H3,(H3,14,15)(H,16,17). The number of nitrogens with one attached hydrogen (secondary N) is 2. The summed E-state index contributed by atoms with van der Waals surface area (Å²) in [5.74, 6) is -0.557. The molecule has 5 nitrogen and oxygen atoms in total. The van der Waals surface area contributed by atoms with E-state index in [4.69, 9.17) is 15.9 Å². The Labute approximate surface area is 111 Å². The molecule has 0 aliphatic carbocycles. The highest BCUT2D eigenvalue weighted by molar-refractivity contribution is 9.10. The van der Waals surface area contributed by atoms with Crippen molar-refractivity contribution in [3.8, 4) is 11.6 Å². The van der Waals surface area contributed by atoms with Crippen LogP contribution in [0.15, 0.2) is 22.7 Å². The fourth-order valence-electron chi connectivity index (χ4n) is 1.38. The van der Waals surface area contributed by atoms with Gasteiger partial charge in [0.1, 0.15) is 5.84 Å². The van der Waals surface area contributed by atoms with Gasteiger partial charge in [-0.2, -0.15) is 0 Å². The van der Waals surface area contributed by atoms with Crippen LogP contribution < -0.4 is 10.5 Å². The molecule has 1 heterocycles. The second kappa shape index (κ2) is 4.77. The molecule has 7 heteroatoms. The van der Waals surface area contributed by atoms with Crippen molar-refractivity contribution in [1.82, 2.24) is 10.2 Å². The van der Waals surface area contributed by atoms with Gasteiger partial charge < -0.3 is 10.5 Å². The molecule has 0 atom stereocenters. The Morgan fingerprint density at radius 3 is 2.83 bits per heavy atom. The number of nitrogens with two attached hydrogens (primary N) is 1. The van der Waals surface area contributed by atoms with Crippen LogP contribution in [0.25, 0.3) is 0 Å². The number of amidine groups is 1. The number of H-pyrrole nitrogens is 1. The van der Waals surface area contributed by atoms with E-state index in [2.05, 4.69) is 26.1 Å². The quantitative estimate of drug-likeness (QED) is 0.601. The summed E-state index contributed by atoms with van der Waals surface area (Å²) in [5.41, 5.74) is 6.40. The molecule has 18 heavy (non-hydrogen) atoms. The summed E-state index contributed by atoms with van der Waals surface area (Å²) in [5, 5.41) is 13.8. The highest BCUT2D eigenvalue weighted by Crippen LogP contribution is 2.31. The largest absolute Gasteiger partial charge is 0.434 e.